The van der Waals surface area contributed by atoms with E-state index in [4.69, 9.17) is 10.7 Å². The minimum Gasteiger partial charge on any atom is -0.338 e. The zero-order valence-corrected chi connectivity index (χ0v) is 11.0. The van der Waals surface area contributed by atoms with Gasteiger partial charge in [0.15, 0.2) is 0 Å². The van der Waals surface area contributed by atoms with Crippen molar-refractivity contribution in [1.82, 2.24) is 9.97 Å². The summed E-state index contributed by atoms with van der Waals surface area (Å²) in [7, 11) is 0. The maximum atomic E-state index is 5.68. The van der Waals surface area contributed by atoms with E-state index in [2.05, 4.69) is 36.2 Å². The standard InChI is InChI=1S/C16H17N3/c1-11-5-4-8-14-15(11)19-16(18-14)13-7-3-2-6-12(13)9-10-17/h2-8H,9-10,17H2,1H3,(H,18,19). The van der Waals surface area contributed by atoms with Crippen molar-refractivity contribution >= 4 is 11.0 Å². The molecule has 96 valence electrons. The first kappa shape index (κ1) is 11.9. The van der Waals surface area contributed by atoms with Crippen LogP contribution in [-0.2, 0) is 6.42 Å². The molecule has 3 nitrogen and oxygen atoms in total. The van der Waals surface area contributed by atoms with Crippen molar-refractivity contribution in [1.29, 1.82) is 0 Å². The number of fused-ring (bicyclic) bond motifs is 1. The number of hydrogen-bond donors (Lipinski definition) is 2. The largest absolute Gasteiger partial charge is 0.338 e. The Balaban J connectivity index is 2.17. The summed E-state index contributed by atoms with van der Waals surface area (Å²) in [4.78, 5) is 8.13. The Kier molecular flexibility index (Phi) is 3.05. The molecule has 19 heavy (non-hydrogen) atoms. The second-order valence-corrected chi connectivity index (χ2v) is 4.75. The number of nitrogens with two attached hydrogens (primary N) is 1. The van der Waals surface area contributed by atoms with Crippen LogP contribution in [0.1, 0.15) is 11.1 Å². The zero-order chi connectivity index (χ0) is 13.2. The molecule has 3 heteroatoms. The Morgan fingerprint density at radius 1 is 1.11 bits per heavy atom. The lowest BCUT2D eigenvalue weighted by Crippen LogP contribution is -2.04. The highest BCUT2D eigenvalue weighted by Crippen LogP contribution is 2.25. The summed E-state index contributed by atoms with van der Waals surface area (Å²) in [5, 5.41) is 0. The molecular weight excluding hydrogens is 234 g/mol. The number of nitrogens with zero attached hydrogens (tertiary/aromatic N) is 1. The molecule has 0 fully saturated rings. The van der Waals surface area contributed by atoms with Crippen LogP contribution >= 0.6 is 0 Å². The maximum Gasteiger partial charge on any atom is 0.138 e. The molecule has 3 aromatic rings. The normalized spacial score (nSPS) is 11.1. The monoisotopic (exact) mass is 251 g/mol. The van der Waals surface area contributed by atoms with Crippen LogP contribution in [0.3, 0.4) is 0 Å². The smallest absolute Gasteiger partial charge is 0.138 e. The first-order chi connectivity index (χ1) is 9.29. The second-order valence-electron chi connectivity index (χ2n) is 4.75. The molecule has 2 aromatic carbocycles. The van der Waals surface area contributed by atoms with Crippen molar-refractivity contribution in [2.45, 2.75) is 13.3 Å². The zero-order valence-electron chi connectivity index (χ0n) is 11.0. The van der Waals surface area contributed by atoms with Gasteiger partial charge in [0, 0.05) is 5.56 Å². The van der Waals surface area contributed by atoms with Gasteiger partial charge in [-0.3, -0.25) is 0 Å². The Morgan fingerprint density at radius 2 is 1.95 bits per heavy atom. The SMILES string of the molecule is Cc1cccc2[nH]c(-c3ccccc3CCN)nc12. The number of aromatic amines is 1. The quantitative estimate of drug-likeness (QED) is 0.751. The van der Waals surface area contributed by atoms with E-state index < -0.39 is 0 Å². The lowest BCUT2D eigenvalue weighted by atomic mass is 10.0. The van der Waals surface area contributed by atoms with Crippen LogP contribution in [0.5, 0.6) is 0 Å². The van der Waals surface area contributed by atoms with Gasteiger partial charge in [-0.2, -0.15) is 0 Å². The highest BCUT2D eigenvalue weighted by atomic mass is 14.9. The van der Waals surface area contributed by atoms with Crippen molar-refractivity contribution in [3.63, 3.8) is 0 Å². The van der Waals surface area contributed by atoms with Crippen molar-refractivity contribution < 1.29 is 0 Å². The predicted octanol–water partition coefficient (Wildman–Crippen LogP) is 3.04. The van der Waals surface area contributed by atoms with E-state index in [1.165, 1.54) is 11.1 Å². The van der Waals surface area contributed by atoms with Gasteiger partial charge in [-0.25, -0.2) is 4.98 Å². The van der Waals surface area contributed by atoms with Crippen LogP contribution in [0.25, 0.3) is 22.4 Å². The average molecular weight is 251 g/mol. The molecule has 0 radical (unpaired) electrons. The van der Waals surface area contributed by atoms with Crippen LogP contribution in [0, 0.1) is 6.92 Å². The van der Waals surface area contributed by atoms with E-state index in [0.717, 1.165) is 28.8 Å². The number of nitrogens with one attached hydrogen (secondary N) is 1. The molecule has 0 unspecified atom stereocenters. The summed E-state index contributed by atoms with van der Waals surface area (Å²) in [6, 6.07) is 14.5. The first-order valence-electron chi connectivity index (χ1n) is 6.53. The van der Waals surface area contributed by atoms with Crippen molar-refractivity contribution in [3.8, 4) is 11.4 Å². The number of para-hydroxylation sites is 1. The van der Waals surface area contributed by atoms with E-state index in [0.29, 0.717) is 6.54 Å². The first-order valence-corrected chi connectivity index (χ1v) is 6.53. The summed E-state index contributed by atoms with van der Waals surface area (Å²) in [5.74, 6) is 0.924. The van der Waals surface area contributed by atoms with Crippen molar-refractivity contribution in [2.75, 3.05) is 6.54 Å². The minimum absolute atomic E-state index is 0.649. The number of imidazole rings is 1. The fourth-order valence-electron chi connectivity index (χ4n) is 2.43. The van der Waals surface area contributed by atoms with Gasteiger partial charge in [0.05, 0.1) is 11.0 Å². The molecule has 0 aliphatic heterocycles. The fraction of sp³-hybridized carbons (Fsp3) is 0.188. The van der Waals surface area contributed by atoms with E-state index in [1.807, 2.05) is 18.2 Å². The summed E-state index contributed by atoms with van der Waals surface area (Å²) in [6.07, 6.45) is 0.867. The number of aromatic nitrogens is 2. The predicted molar refractivity (Wildman–Crippen MR) is 79.0 cm³/mol. The molecule has 0 bridgehead atoms. The van der Waals surface area contributed by atoms with Gasteiger partial charge in [0.1, 0.15) is 5.82 Å². The molecular formula is C16H17N3. The molecule has 0 spiro atoms. The van der Waals surface area contributed by atoms with Crippen LogP contribution in [0.15, 0.2) is 42.5 Å². The molecule has 1 aromatic heterocycles. The van der Waals surface area contributed by atoms with Gasteiger partial charge in [0.25, 0.3) is 0 Å². The van der Waals surface area contributed by atoms with Gasteiger partial charge in [-0.05, 0) is 37.1 Å². The molecule has 0 aliphatic carbocycles. The van der Waals surface area contributed by atoms with Crippen LogP contribution in [0.2, 0.25) is 0 Å². The molecule has 1 heterocycles. The molecule has 0 saturated heterocycles. The lowest BCUT2D eigenvalue weighted by Gasteiger charge is -2.05. The molecule has 3 rings (SSSR count). The lowest BCUT2D eigenvalue weighted by molar-refractivity contribution is 0.968. The number of H-pyrrole nitrogens is 1. The van der Waals surface area contributed by atoms with Crippen LogP contribution < -0.4 is 5.73 Å². The highest BCUT2D eigenvalue weighted by molar-refractivity contribution is 5.82. The van der Waals surface area contributed by atoms with Gasteiger partial charge < -0.3 is 10.7 Å². The minimum atomic E-state index is 0.649. The van der Waals surface area contributed by atoms with Gasteiger partial charge in [-0.15, -0.1) is 0 Å². The van der Waals surface area contributed by atoms with E-state index in [-0.39, 0.29) is 0 Å². The fourth-order valence-corrected chi connectivity index (χ4v) is 2.43. The van der Waals surface area contributed by atoms with Crippen LogP contribution in [-0.4, -0.2) is 16.5 Å². The van der Waals surface area contributed by atoms with Crippen molar-refractivity contribution in [3.05, 3.63) is 53.6 Å². The number of rotatable bonds is 3. The molecule has 0 atom stereocenters. The van der Waals surface area contributed by atoms with Gasteiger partial charge >= 0.3 is 0 Å². The molecule has 0 aliphatic rings. The van der Waals surface area contributed by atoms with E-state index in [9.17, 15) is 0 Å². The molecule has 0 amide bonds. The Morgan fingerprint density at radius 3 is 2.74 bits per heavy atom. The third-order valence-electron chi connectivity index (χ3n) is 3.40. The third kappa shape index (κ3) is 2.13. The summed E-state index contributed by atoms with van der Waals surface area (Å²) in [6.45, 7) is 2.73. The number of aryl methyl sites for hydroxylation is 1. The van der Waals surface area contributed by atoms with Gasteiger partial charge in [0.2, 0.25) is 0 Å². The average Bonchev–Trinajstić information content (AvgIpc) is 2.85. The van der Waals surface area contributed by atoms with E-state index >= 15 is 0 Å². The highest BCUT2D eigenvalue weighted by Gasteiger charge is 2.09. The second kappa shape index (κ2) is 4.86. The summed E-state index contributed by atoms with van der Waals surface area (Å²) < 4.78 is 0. The molecule has 0 saturated carbocycles. The van der Waals surface area contributed by atoms with E-state index in [1.54, 1.807) is 0 Å². The van der Waals surface area contributed by atoms with Crippen LogP contribution in [0.4, 0.5) is 0 Å². The Bertz CT molecular complexity index is 713. The number of hydrogen-bond acceptors (Lipinski definition) is 2. The van der Waals surface area contributed by atoms with Crippen molar-refractivity contribution in [2.24, 2.45) is 5.73 Å². The number of benzene rings is 2. The Hall–Kier alpha value is -2.13. The summed E-state index contributed by atoms with van der Waals surface area (Å²) >= 11 is 0. The topological polar surface area (TPSA) is 54.7 Å². The third-order valence-corrected chi connectivity index (χ3v) is 3.40. The molecule has 3 N–H and O–H groups in total. The maximum absolute atomic E-state index is 5.68. The van der Waals surface area contributed by atoms with Gasteiger partial charge in [-0.1, -0.05) is 36.4 Å². The summed E-state index contributed by atoms with van der Waals surface area (Å²) in [5.41, 5.74) is 11.4. The Labute approximate surface area is 112 Å².